The predicted molar refractivity (Wildman–Crippen MR) is 66.8 cm³/mol. The van der Waals surface area contributed by atoms with E-state index in [0.717, 1.165) is 4.68 Å². The maximum Gasteiger partial charge on any atom is 0.361 e. The molecule has 0 aromatic carbocycles. The van der Waals surface area contributed by atoms with E-state index in [1.807, 2.05) is 0 Å². The van der Waals surface area contributed by atoms with Gasteiger partial charge in [0.1, 0.15) is 5.69 Å². The first-order chi connectivity index (χ1) is 9.04. The Morgan fingerprint density at radius 1 is 1.53 bits per heavy atom. The second kappa shape index (κ2) is 4.80. The molecule has 100 valence electrons. The summed E-state index contributed by atoms with van der Waals surface area (Å²) in [5.41, 5.74) is 10.7. The molecule has 0 amide bonds. The molecule has 0 atom stereocenters. The zero-order chi connectivity index (χ0) is 14.0. The Bertz CT molecular complexity index is 674. The van der Waals surface area contributed by atoms with Gasteiger partial charge in [0.2, 0.25) is 0 Å². The average molecular weight is 264 g/mol. The molecule has 0 aliphatic carbocycles. The summed E-state index contributed by atoms with van der Waals surface area (Å²) in [6.07, 6.45) is 2.51. The van der Waals surface area contributed by atoms with Gasteiger partial charge in [-0.1, -0.05) is 0 Å². The monoisotopic (exact) mass is 264 g/mol. The van der Waals surface area contributed by atoms with Crippen LogP contribution in [0.1, 0.15) is 17.4 Å². The van der Waals surface area contributed by atoms with Crippen LogP contribution in [-0.2, 0) is 4.74 Å². The van der Waals surface area contributed by atoms with E-state index in [0.29, 0.717) is 0 Å². The van der Waals surface area contributed by atoms with Crippen molar-refractivity contribution in [2.45, 2.75) is 6.92 Å². The van der Waals surface area contributed by atoms with Gasteiger partial charge in [-0.05, 0) is 6.92 Å². The molecule has 2 aromatic rings. The molecule has 5 N–H and O–H groups in total. The second-order valence-corrected chi connectivity index (χ2v) is 3.57. The molecule has 0 unspecified atom stereocenters. The van der Waals surface area contributed by atoms with Gasteiger partial charge in [-0.15, -0.1) is 0 Å². The maximum absolute atomic E-state index is 11.6. The fourth-order valence-electron chi connectivity index (χ4n) is 1.44. The number of aromatic nitrogens is 4. The number of nitrogens with two attached hydrogens (primary N) is 2. The van der Waals surface area contributed by atoms with E-state index in [-0.39, 0.29) is 29.5 Å². The van der Waals surface area contributed by atoms with Crippen LogP contribution in [0.3, 0.4) is 0 Å². The molecule has 9 heteroatoms. The fraction of sp³-hybridized carbons (Fsp3) is 0.200. The molecule has 2 aromatic heterocycles. The number of H-pyrrole nitrogens is 1. The lowest BCUT2D eigenvalue weighted by Crippen LogP contribution is -2.17. The van der Waals surface area contributed by atoms with Gasteiger partial charge in [0, 0.05) is 0 Å². The predicted octanol–water partition coefficient (Wildman–Crippen LogP) is -0.703. The zero-order valence-electron chi connectivity index (χ0n) is 10.1. The lowest BCUT2D eigenvalue weighted by Gasteiger charge is -2.02. The Morgan fingerprint density at radius 3 is 2.95 bits per heavy atom. The molecule has 0 radical (unpaired) electrons. The Hall–Kier alpha value is -2.84. The molecule has 2 heterocycles. The highest BCUT2D eigenvalue weighted by molar-refractivity contribution is 5.92. The van der Waals surface area contributed by atoms with Crippen LogP contribution in [0.5, 0.6) is 0 Å². The largest absolute Gasteiger partial charge is 0.461 e. The molecule has 0 aliphatic heterocycles. The first kappa shape index (κ1) is 12.6. The van der Waals surface area contributed by atoms with Crippen LogP contribution in [0.25, 0.3) is 5.82 Å². The minimum atomic E-state index is -0.651. The number of carbonyl (C=O) groups excluding carboxylic acids is 1. The summed E-state index contributed by atoms with van der Waals surface area (Å²) in [6, 6.07) is 0. The van der Waals surface area contributed by atoms with E-state index in [4.69, 9.17) is 16.2 Å². The van der Waals surface area contributed by atoms with Crippen molar-refractivity contribution in [1.82, 2.24) is 19.7 Å². The van der Waals surface area contributed by atoms with Gasteiger partial charge < -0.3 is 21.2 Å². The molecule has 9 nitrogen and oxygen atoms in total. The Kier molecular flexibility index (Phi) is 3.19. The van der Waals surface area contributed by atoms with Gasteiger partial charge >= 0.3 is 5.97 Å². The Balaban J connectivity index is 2.48. The molecule has 0 fully saturated rings. The van der Waals surface area contributed by atoms with Crippen molar-refractivity contribution in [3.63, 3.8) is 0 Å². The topological polar surface area (TPSA) is 142 Å². The van der Waals surface area contributed by atoms with Crippen molar-refractivity contribution in [2.75, 3.05) is 18.1 Å². The minimum absolute atomic E-state index is 0.0525. The molecule has 0 aliphatic rings. The smallest absolute Gasteiger partial charge is 0.361 e. The zero-order valence-corrected chi connectivity index (χ0v) is 10.1. The van der Waals surface area contributed by atoms with Gasteiger partial charge in [0.25, 0.3) is 5.56 Å². The van der Waals surface area contributed by atoms with E-state index < -0.39 is 11.5 Å². The second-order valence-electron chi connectivity index (χ2n) is 3.57. The van der Waals surface area contributed by atoms with E-state index >= 15 is 0 Å². The highest BCUT2D eigenvalue weighted by Crippen LogP contribution is 2.15. The molecule has 2 rings (SSSR count). The van der Waals surface area contributed by atoms with E-state index in [1.165, 1.54) is 12.5 Å². The third-order valence-corrected chi connectivity index (χ3v) is 2.30. The van der Waals surface area contributed by atoms with Crippen LogP contribution < -0.4 is 17.0 Å². The van der Waals surface area contributed by atoms with Crippen LogP contribution in [-0.4, -0.2) is 32.3 Å². The first-order valence-electron chi connectivity index (χ1n) is 5.40. The first-order valence-corrected chi connectivity index (χ1v) is 5.40. The van der Waals surface area contributed by atoms with Gasteiger partial charge in [-0.25, -0.2) is 14.5 Å². The van der Waals surface area contributed by atoms with Crippen molar-refractivity contribution >= 4 is 17.3 Å². The highest BCUT2D eigenvalue weighted by Gasteiger charge is 2.18. The SMILES string of the molecule is CCOC(=O)c1nn(-c2nc[nH]c(=O)c2N)cc1N. The minimum Gasteiger partial charge on any atom is -0.461 e. The number of esters is 1. The van der Waals surface area contributed by atoms with Gasteiger partial charge in [-0.3, -0.25) is 4.79 Å². The summed E-state index contributed by atoms with van der Waals surface area (Å²) in [4.78, 5) is 29.1. The van der Waals surface area contributed by atoms with Crippen LogP contribution in [0.2, 0.25) is 0 Å². The number of hydrogen-bond acceptors (Lipinski definition) is 7. The van der Waals surface area contributed by atoms with Crippen molar-refractivity contribution in [2.24, 2.45) is 0 Å². The molecule has 19 heavy (non-hydrogen) atoms. The lowest BCUT2D eigenvalue weighted by atomic mass is 10.4. The van der Waals surface area contributed by atoms with Gasteiger partial charge in [0.05, 0.1) is 24.8 Å². The van der Waals surface area contributed by atoms with Gasteiger partial charge in [-0.2, -0.15) is 5.10 Å². The number of nitrogens with zero attached hydrogens (tertiary/aromatic N) is 3. The molecule has 0 saturated heterocycles. The molecule has 0 saturated carbocycles. The average Bonchev–Trinajstić information content (AvgIpc) is 2.75. The summed E-state index contributed by atoms with van der Waals surface area (Å²) in [5, 5.41) is 3.92. The van der Waals surface area contributed by atoms with Crippen molar-refractivity contribution in [1.29, 1.82) is 0 Å². The van der Waals surface area contributed by atoms with Crippen molar-refractivity contribution < 1.29 is 9.53 Å². The third-order valence-electron chi connectivity index (χ3n) is 2.30. The van der Waals surface area contributed by atoms with Crippen molar-refractivity contribution in [3.8, 4) is 5.82 Å². The van der Waals surface area contributed by atoms with Crippen molar-refractivity contribution in [3.05, 3.63) is 28.6 Å². The summed E-state index contributed by atoms with van der Waals surface area (Å²) in [6.45, 7) is 1.87. The van der Waals surface area contributed by atoms with E-state index in [2.05, 4.69) is 15.1 Å². The number of carbonyl (C=O) groups is 1. The number of ether oxygens (including phenoxy) is 1. The highest BCUT2D eigenvalue weighted by atomic mass is 16.5. The van der Waals surface area contributed by atoms with Crippen LogP contribution >= 0.6 is 0 Å². The number of aromatic amines is 1. The number of nitrogens with one attached hydrogen (secondary N) is 1. The third kappa shape index (κ3) is 2.25. The Labute approximate surface area is 107 Å². The standard InChI is InChI=1S/C10H12N6O3/c1-2-19-10(18)7-5(11)3-16(15-7)8-6(12)9(17)14-4-13-8/h3-4H,2,11-12H2,1H3,(H,13,14,17). The van der Waals surface area contributed by atoms with Crippen LogP contribution in [0.4, 0.5) is 11.4 Å². The molecular weight excluding hydrogens is 252 g/mol. The number of hydrogen-bond donors (Lipinski definition) is 3. The fourth-order valence-corrected chi connectivity index (χ4v) is 1.44. The number of rotatable bonds is 3. The quantitative estimate of drug-likeness (QED) is 0.622. The summed E-state index contributed by atoms with van der Waals surface area (Å²) < 4.78 is 5.96. The van der Waals surface area contributed by atoms with E-state index in [1.54, 1.807) is 6.92 Å². The van der Waals surface area contributed by atoms with Gasteiger partial charge in [0.15, 0.2) is 11.5 Å². The normalized spacial score (nSPS) is 10.4. The van der Waals surface area contributed by atoms with Crippen LogP contribution in [0.15, 0.2) is 17.3 Å². The molecule has 0 bridgehead atoms. The Morgan fingerprint density at radius 2 is 2.26 bits per heavy atom. The number of nitrogen functional groups attached to an aromatic ring is 2. The summed E-state index contributed by atoms with van der Waals surface area (Å²) in [7, 11) is 0. The summed E-state index contributed by atoms with van der Waals surface area (Å²) in [5.74, 6) is -0.562. The van der Waals surface area contributed by atoms with E-state index in [9.17, 15) is 9.59 Å². The maximum atomic E-state index is 11.6. The molecular formula is C10H12N6O3. The summed E-state index contributed by atoms with van der Waals surface area (Å²) >= 11 is 0. The molecule has 0 spiro atoms. The lowest BCUT2D eigenvalue weighted by molar-refractivity contribution is 0.0520. The number of anilines is 2. The van der Waals surface area contributed by atoms with Crippen LogP contribution in [0, 0.1) is 0 Å².